The monoisotopic (exact) mass is 323 g/mol. The lowest BCUT2D eigenvalue weighted by molar-refractivity contribution is -0.384. The molecule has 2 aliphatic rings. The Morgan fingerprint density at radius 2 is 2.08 bits per heavy atom. The van der Waals surface area contributed by atoms with Gasteiger partial charge in [0.2, 0.25) is 0 Å². The second kappa shape index (κ2) is 5.96. The summed E-state index contributed by atoms with van der Waals surface area (Å²) in [5, 5.41) is 14.0. The topological polar surface area (TPSA) is 76.8 Å². The summed E-state index contributed by atoms with van der Waals surface area (Å²) in [6, 6.07) is 13.7. The molecule has 24 heavy (non-hydrogen) atoms. The number of ether oxygens (including phenoxy) is 1. The van der Waals surface area contributed by atoms with Crippen molar-refractivity contribution in [2.75, 3.05) is 5.32 Å². The van der Waals surface area contributed by atoms with E-state index in [1.165, 1.54) is 23.3 Å². The van der Waals surface area contributed by atoms with Crippen molar-refractivity contribution < 1.29 is 9.66 Å². The first-order valence-electron chi connectivity index (χ1n) is 8.03. The minimum Gasteiger partial charge on any atom is -0.460 e. The summed E-state index contributed by atoms with van der Waals surface area (Å²) in [6.45, 7) is 0.289. The summed E-state index contributed by atoms with van der Waals surface area (Å²) in [5.41, 5.74) is 4.27. The van der Waals surface area contributed by atoms with E-state index in [0.717, 1.165) is 30.5 Å². The number of fused-ring (bicyclic) bond motifs is 2. The Balaban J connectivity index is 1.59. The van der Waals surface area contributed by atoms with Crippen molar-refractivity contribution >= 4 is 17.4 Å². The Labute approximate surface area is 139 Å². The van der Waals surface area contributed by atoms with E-state index in [2.05, 4.69) is 23.5 Å². The highest BCUT2D eigenvalue weighted by molar-refractivity contribution is 5.92. The van der Waals surface area contributed by atoms with Crippen LogP contribution in [0.3, 0.4) is 0 Å². The number of nitro benzene ring substituents is 1. The molecule has 4 rings (SSSR count). The zero-order chi connectivity index (χ0) is 16.5. The summed E-state index contributed by atoms with van der Waals surface area (Å²) in [7, 11) is 0. The molecular weight excluding hydrogens is 306 g/mol. The van der Waals surface area contributed by atoms with Gasteiger partial charge in [0.25, 0.3) is 11.7 Å². The highest BCUT2D eigenvalue weighted by Crippen LogP contribution is 2.33. The Morgan fingerprint density at radius 3 is 2.96 bits per heavy atom. The quantitative estimate of drug-likeness (QED) is 0.670. The standard InChI is InChI=1S/C18H17N3O3/c22-21(23)14-8-9-16-13(10-14)11-24-18(19-16)20-17-7-3-5-12-4-1-2-6-15(12)17/h1-2,4,6,8-10,17H,3,5,7,11H2,(H,19,20)/t17-/m1/s1. The molecule has 1 N–H and O–H groups in total. The molecule has 0 aromatic heterocycles. The number of rotatable bonds is 2. The van der Waals surface area contributed by atoms with Crippen LogP contribution in [0.2, 0.25) is 0 Å². The average molecular weight is 323 g/mol. The zero-order valence-electron chi connectivity index (χ0n) is 13.1. The lowest BCUT2D eigenvalue weighted by Crippen LogP contribution is -2.24. The number of aliphatic imine (C=N–C) groups is 1. The molecule has 0 unspecified atom stereocenters. The van der Waals surface area contributed by atoms with E-state index in [4.69, 9.17) is 9.73 Å². The fraction of sp³-hybridized carbons (Fsp3) is 0.278. The van der Waals surface area contributed by atoms with Gasteiger partial charge in [-0.25, -0.2) is 4.99 Å². The number of nitro groups is 1. The van der Waals surface area contributed by atoms with Crippen molar-refractivity contribution in [1.29, 1.82) is 0 Å². The molecule has 0 spiro atoms. The van der Waals surface area contributed by atoms with Gasteiger partial charge in [0.05, 0.1) is 11.0 Å². The van der Waals surface area contributed by atoms with Crippen LogP contribution in [-0.2, 0) is 17.8 Å². The fourth-order valence-corrected chi connectivity index (χ4v) is 3.31. The van der Waals surface area contributed by atoms with E-state index in [9.17, 15) is 10.1 Å². The van der Waals surface area contributed by atoms with Crippen molar-refractivity contribution in [2.24, 2.45) is 4.99 Å². The molecule has 2 aromatic rings. The van der Waals surface area contributed by atoms with Gasteiger partial charge in [0.1, 0.15) is 6.61 Å². The van der Waals surface area contributed by atoms with Gasteiger partial charge in [-0.05, 0) is 36.5 Å². The van der Waals surface area contributed by atoms with Crippen LogP contribution in [-0.4, -0.2) is 10.9 Å². The van der Waals surface area contributed by atoms with Gasteiger partial charge in [-0.15, -0.1) is 0 Å². The molecule has 0 saturated carbocycles. The number of hydrogen-bond acceptors (Lipinski definition) is 4. The number of nitrogens with zero attached hydrogens (tertiary/aromatic N) is 2. The molecule has 0 saturated heterocycles. The van der Waals surface area contributed by atoms with Crippen molar-refractivity contribution in [3.8, 4) is 0 Å². The third kappa shape index (κ3) is 2.71. The second-order valence-corrected chi connectivity index (χ2v) is 6.05. The maximum Gasteiger partial charge on any atom is 0.290 e. The Hall–Kier alpha value is -2.89. The Bertz CT molecular complexity index is 832. The molecule has 1 aliphatic heterocycles. The summed E-state index contributed by atoms with van der Waals surface area (Å²) < 4.78 is 5.67. The van der Waals surface area contributed by atoms with Crippen molar-refractivity contribution in [3.63, 3.8) is 0 Å². The minimum atomic E-state index is -0.400. The van der Waals surface area contributed by atoms with Gasteiger partial charge in [-0.1, -0.05) is 24.3 Å². The lowest BCUT2D eigenvalue weighted by atomic mass is 9.88. The molecule has 1 atom stereocenters. The van der Waals surface area contributed by atoms with Crippen LogP contribution in [0.15, 0.2) is 47.5 Å². The van der Waals surface area contributed by atoms with Crippen LogP contribution < -0.4 is 5.32 Å². The van der Waals surface area contributed by atoms with Crippen LogP contribution in [0.4, 0.5) is 11.4 Å². The van der Waals surface area contributed by atoms with Crippen LogP contribution in [0, 0.1) is 10.1 Å². The number of anilines is 1. The smallest absolute Gasteiger partial charge is 0.290 e. The van der Waals surface area contributed by atoms with Crippen LogP contribution >= 0.6 is 0 Å². The molecule has 2 aromatic carbocycles. The number of benzene rings is 2. The van der Waals surface area contributed by atoms with E-state index in [1.54, 1.807) is 6.07 Å². The number of aryl methyl sites for hydroxylation is 1. The van der Waals surface area contributed by atoms with E-state index in [0.29, 0.717) is 6.02 Å². The van der Waals surface area contributed by atoms with Crippen LogP contribution in [0.25, 0.3) is 0 Å². The molecular formula is C18H17N3O3. The molecule has 0 radical (unpaired) electrons. The molecule has 6 nitrogen and oxygen atoms in total. The molecule has 0 bridgehead atoms. The fourth-order valence-electron chi connectivity index (χ4n) is 3.31. The summed E-state index contributed by atoms with van der Waals surface area (Å²) in [4.78, 5) is 15.2. The Morgan fingerprint density at radius 1 is 1.21 bits per heavy atom. The van der Waals surface area contributed by atoms with Crippen molar-refractivity contribution in [1.82, 2.24) is 0 Å². The lowest BCUT2D eigenvalue weighted by Gasteiger charge is -2.25. The molecule has 1 aliphatic carbocycles. The summed E-state index contributed by atoms with van der Waals surface area (Å²) in [6.07, 6.45) is 3.21. The number of hydrogen-bond donors (Lipinski definition) is 1. The highest BCUT2D eigenvalue weighted by Gasteiger charge is 2.23. The SMILES string of the molecule is O=[N+]([O-])c1ccc2c(c1)COC(=N[C@@H]1CCCc3ccccc31)N2. The van der Waals surface area contributed by atoms with Gasteiger partial charge in [-0.2, -0.15) is 0 Å². The Kier molecular flexibility index (Phi) is 3.65. The first-order chi connectivity index (χ1) is 11.7. The molecule has 0 amide bonds. The van der Waals surface area contributed by atoms with Gasteiger partial charge in [-0.3, -0.25) is 10.1 Å². The maximum absolute atomic E-state index is 10.9. The third-order valence-electron chi connectivity index (χ3n) is 4.52. The second-order valence-electron chi connectivity index (χ2n) is 6.05. The minimum absolute atomic E-state index is 0.0701. The number of amidine groups is 1. The van der Waals surface area contributed by atoms with Gasteiger partial charge < -0.3 is 10.1 Å². The zero-order valence-corrected chi connectivity index (χ0v) is 13.1. The first kappa shape index (κ1) is 14.7. The molecule has 6 heteroatoms. The normalized spacial score (nSPS) is 20.5. The van der Waals surface area contributed by atoms with Gasteiger partial charge in [0, 0.05) is 23.4 Å². The van der Waals surface area contributed by atoms with Crippen LogP contribution in [0.5, 0.6) is 0 Å². The number of nitrogens with one attached hydrogen (secondary N) is 1. The molecule has 122 valence electrons. The van der Waals surface area contributed by atoms with E-state index >= 15 is 0 Å². The predicted molar refractivity (Wildman–Crippen MR) is 91.1 cm³/mol. The average Bonchev–Trinajstić information content (AvgIpc) is 2.61. The summed E-state index contributed by atoms with van der Waals surface area (Å²) >= 11 is 0. The summed E-state index contributed by atoms with van der Waals surface area (Å²) in [5.74, 6) is 0. The highest BCUT2D eigenvalue weighted by atomic mass is 16.6. The van der Waals surface area contributed by atoms with Crippen LogP contribution in [0.1, 0.15) is 35.6 Å². The van der Waals surface area contributed by atoms with Crippen molar-refractivity contribution in [2.45, 2.75) is 31.9 Å². The van der Waals surface area contributed by atoms with E-state index < -0.39 is 4.92 Å². The maximum atomic E-state index is 10.9. The van der Waals surface area contributed by atoms with Gasteiger partial charge >= 0.3 is 0 Å². The third-order valence-corrected chi connectivity index (χ3v) is 4.52. The van der Waals surface area contributed by atoms with E-state index in [-0.39, 0.29) is 18.3 Å². The number of non-ortho nitro benzene ring substituents is 1. The van der Waals surface area contributed by atoms with Gasteiger partial charge in [0.15, 0.2) is 0 Å². The largest absolute Gasteiger partial charge is 0.460 e. The molecule has 0 fully saturated rings. The van der Waals surface area contributed by atoms with Crippen molar-refractivity contribution in [3.05, 3.63) is 69.3 Å². The predicted octanol–water partition coefficient (Wildman–Crippen LogP) is 3.97. The first-order valence-corrected chi connectivity index (χ1v) is 8.03. The van der Waals surface area contributed by atoms with E-state index in [1.807, 2.05) is 6.07 Å². The molecule has 1 heterocycles.